The number of hydrogen-bond acceptors (Lipinski definition) is 4. The molecule has 0 saturated carbocycles. The second-order valence-electron chi connectivity index (χ2n) is 2.98. The summed E-state index contributed by atoms with van der Waals surface area (Å²) in [6.45, 7) is 0.893. The average molecular weight is 181 g/mol. The van der Waals surface area contributed by atoms with Gasteiger partial charge in [0.15, 0.2) is 0 Å². The molecule has 1 N–H and O–H groups in total. The number of carbonyl (C=O) groups is 1. The Morgan fingerprint density at radius 3 is 3.23 bits per heavy atom. The normalized spacial score (nSPS) is 21.7. The van der Waals surface area contributed by atoms with Gasteiger partial charge in [0.05, 0.1) is 6.20 Å². The standard InChI is InChI=1S/C8H11N3O2/c12-8(7-2-1-3-10-7)13-11-5-4-9-6-11/h4-7,10H,1-3H2/t7-/m0/s1. The quantitative estimate of drug-likeness (QED) is 0.674. The summed E-state index contributed by atoms with van der Waals surface area (Å²) in [5.74, 6) is -0.240. The predicted molar refractivity (Wildman–Crippen MR) is 44.8 cm³/mol. The number of carbonyl (C=O) groups excluding carboxylic acids is 1. The molecular weight excluding hydrogens is 170 g/mol. The van der Waals surface area contributed by atoms with Gasteiger partial charge in [0.1, 0.15) is 12.4 Å². The Morgan fingerprint density at radius 2 is 2.62 bits per heavy atom. The second-order valence-corrected chi connectivity index (χ2v) is 2.98. The first kappa shape index (κ1) is 8.25. The minimum absolute atomic E-state index is 0.151. The summed E-state index contributed by atoms with van der Waals surface area (Å²) in [7, 11) is 0. The van der Waals surface area contributed by atoms with Gasteiger partial charge in [-0.1, -0.05) is 0 Å². The van der Waals surface area contributed by atoms with E-state index >= 15 is 0 Å². The first-order valence-corrected chi connectivity index (χ1v) is 4.30. The van der Waals surface area contributed by atoms with Gasteiger partial charge in [-0.15, -0.1) is 0 Å². The van der Waals surface area contributed by atoms with Gasteiger partial charge >= 0.3 is 5.97 Å². The van der Waals surface area contributed by atoms with Gasteiger partial charge < -0.3 is 10.2 Å². The molecule has 1 atom stereocenters. The lowest BCUT2D eigenvalue weighted by Crippen LogP contribution is -2.37. The summed E-state index contributed by atoms with van der Waals surface area (Å²) in [6.07, 6.45) is 6.49. The molecule has 1 aliphatic heterocycles. The van der Waals surface area contributed by atoms with Crippen LogP contribution in [-0.4, -0.2) is 28.3 Å². The Labute approximate surface area is 75.7 Å². The number of aromatic nitrogens is 2. The zero-order valence-corrected chi connectivity index (χ0v) is 7.14. The molecule has 5 heteroatoms. The van der Waals surface area contributed by atoms with Gasteiger partial charge in [-0.3, -0.25) is 0 Å². The van der Waals surface area contributed by atoms with Crippen LogP contribution in [0.2, 0.25) is 0 Å². The molecule has 5 nitrogen and oxygen atoms in total. The first-order chi connectivity index (χ1) is 6.36. The van der Waals surface area contributed by atoms with Crippen molar-refractivity contribution in [3.05, 3.63) is 18.7 Å². The van der Waals surface area contributed by atoms with Crippen LogP contribution in [0.3, 0.4) is 0 Å². The van der Waals surface area contributed by atoms with Crippen LogP contribution in [0.15, 0.2) is 18.7 Å². The molecule has 1 fully saturated rings. The third-order valence-corrected chi connectivity index (χ3v) is 2.02. The summed E-state index contributed by atoms with van der Waals surface area (Å²) in [5, 5.41) is 3.06. The number of nitrogens with one attached hydrogen (secondary N) is 1. The van der Waals surface area contributed by atoms with Crippen molar-refractivity contribution >= 4 is 5.97 Å². The molecule has 0 spiro atoms. The SMILES string of the molecule is O=C(On1ccnc1)[C@@H]1CCCN1. The van der Waals surface area contributed by atoms with Crippen molar-refractivity contribution in [1.82, 2.24) is 15.0 Å². The van der Waals surface area contributed by atoms with Gasteiger partial charge in [-0.2, -0.15) is 4.73 Å². The number of imidazole rings is 1. The average Bonchev–Trinajstić information content (AvgIpc) is 2.74. The zero-order chi connectivity index (χ0) is 9.10. The topological polar surface area (TPSA) is 56.2 Å². The smallest absolute Gasteiger partial charge is 0.334 e. The summed E-state index contributed by atoms with van der Waals surface area (Å²) in [4.78, 5) is 20.1. The van der Waals surface area contributed by atoms with E-state index in [1.807, 2.05) is 0 Å². The summed E-state index contributed by atoms with van der Waals surface area (Å²) >= 11 is 0. The molecular formula is C8H11N3O2. The lowest BCUT2D eigenvalue weighted by molar-refractivity contribution is -0.146. The Bertz CT molecular complexity index is 278. The van der Waals surface area contributed by atoms with Gasteiger partial charge in [0.25, 0.3) is 0 Å². The van der Waals surface area contributed by atoms with Crippen LogP contribution < -0.4 is 10.2 Å². The van der Waals surface area contributed by atoms with Crippen molar-refractivity contribution in [3.8, 4) is 0 Å². The lowest BCUT2D eigenvalue weighted by Gasteiger charge is -2.08. The molecule has 70 valence electrons. The van der Waals surface area contributed by atoms with Crippen molar-refractivity contribution in [2.75, 3.05) is 6.54 Å². The summed E-state index contributed by atoms with van der Waals surface area (Å²) in [6, 6.07) is -0.151. The van der Waals surface area contributed by atoms with Crippen LogP contribution in [0.25, 0.3) is 0 Å². The summed E-state index contributed by atoms with van der Waals surface area (Å²) < 4.78 is 1.31. The van der Waals surface area contributed by atoms with E-state index in [4.69, 9.17) is 4.84 Å². The highest BCUT2D eigenvalue weighted by molar-refractivity contribution is 5.76. The van der Waals surface area contributed by atoms with Gasteiger partial charge in [-0.25, -0.2) is 9.78 Å². The van der Waals surface area contributed by atoms with Gasteiger partial charge in [0, 0.05) is 6.20 Å². The van der Waals surface area contributed by atoms with Crippen molar-refractivity contribution in [2.45, 2.75) is 18.9 Å². The van der Waals surface area contributed by atoms with Crippen LogP contribution in [0, 0.1) is 0 Å². The van der Waals surface area contributed by atoms with E-state index in [0.29, 0.717) is 0 Å². The molecule has 1 aliphatic rings. The Hall–Kier alpha value is -1.36. The third-order valence-electron chi connectivity index (χ3n) is 2.02. The first-order valence-electron chi connectivity index (χ1n) is 4.30. The highest BCUT2D eigenvalue weighted by Gasteiger charge is 2.23. The van der Waals surface area contributed by atoms with E-state index in [9.17, 15) is 4.79 Å². The van der Waals surface area contributed by atoms with Crippen molar-refractivity contribution in [3.63, 3.8) is 0 Å². The summed E-state index contributed by atoms with van der Waals surface area (Å²) in [5.41, 5.74) is 0. The molecule has 0 unspecified atom stereocenters. The van der Waals surface area contributed by atoms with Crippen LogP contribution in [-0.2, 0) is 4.79 Å². The molecule has 2 heterocycles. The van der Waals surface area contributed by atoms with Crippen LogP contribution in [0.1, 0.15) is 12.8 Å². The zero-order valence-electron chi connectivity index (χ0n) is 7.14. The second kappa shape index (κ2) is 3.57. The minimum atomic E-state index is -0.240. The maximum absolute atomic E-state index is 11.4. The molecule has 0 aromatic carbocycles. The molecule has 1 saturated heterocycles. The maximum Gasteiger partial charge on any atom is 0.349 e. The fraction of sp³-hybridized carbons (Fsp3) is 0.500. The lowest BCUT2D eigenvalue weighted by atomic mass is 10.2. The number of hydrogen-bond donors (Lipinski definition) is 1. The monoisotopic (exact) mass is 181 g/mol. The molecule has 1 aromatic rings. The van der Waals surface area contributed by atoms with Crippen molar-refractivity contribution in [1.29, 1.82) is 0 Å². The minimum Gasteiger partial charge on any atom is -0.334 e. The molecule has 1 aromatic heterocycles. The Kier molecular flexibility index (Phi) is 2.27. The number of nitrogens with zero attached hydrogens (tertiary/aromatic N) is 2. The molecule has 0 radical (unpaired) electrons. The van der Waals surface area contributed by atoms with E-state index in [2.05, 4.69) is 10.3 Å². The van der Waals surface area contributed by atoms with E-state index in [0.717, 1.165) is 19.4 Å². The number of rotatable bonds is 2. The predicted octanol–water partition coefficient (Wildman–Crippen LogP) is -0.410. The maximum atomic E-state index is 11.4. The van der Waals surface area contributed by atoms with Crippen LogP contribution >= 0.6 is 0 Å². The highest BCUT2D eigenvalue weighted by Crippen LogP contribution is 2.05. The highest BCUT2D eigenvalue weighted by atomic mass is 16.7. The van der Waals surface area contributed by atoms with Crippen LogP contribution in [0.4, 0.5) is 0 Å². The Morgan fingerprint density at radius 1 is 1.69 bits per heavy atom. The fourth-order valence-corrected chi connectivity index (χ4v) is 1.35. The fourth-order valence-electron chi connectivity index (χ4n) is 1.35. The van der Waals surface area contributed by atoms with E-state index in [1.54, 1.807) is 12.4 Å². The van der Waals surface area contributed by atoms with Crippen molar-refractivity contribution in [2.24, 2.45) is 0 Å². The molecule has 0 amide bonds. The molecule has 2 rings (SSSR count). The van der Waals surface area contributed by atoms with Gasteiger partial charge in [0.2, 0.25) is 0 Å². The molecule has 13 heavy (non-hydrogen) atoms. The van der Waals surface area contributed by atoms with Gasteiger partial charge in [-0.05, 0) is 19.4 Å². The van der Waals surface area contributed by atoms with Crippen LogP contribution in [0.5, 0.6) is 0 Å². The van der Waals surface area contributed by atoms with E-state index in [1.165, 1.54) is 11.1 Å². The molecule has 0 bridgehead atoms. The Balaban J connectivity index is 1.91. The van der Waals surface area contributed by atoms with Crippen molar-refractivity contribution < 1.29 is 9.63 Å². The van der Waals surface area contributed by atoms with E-state index < -0.39 is 0 Å². The third kappa shape index (κ3) is 1.86. The van der Waals surface area contributed by atoms with E-state index in [-0.39, 0.29) is 12.0 Å². The largest absolute Gasteiger partial charge is 0.349 e. The molecule has 0 aliphatic carbocycles.